The van der Waals surface area contributed by atoms with E-state index in [-0.39, 0.29) is 17.5 Å². The molecule has 182 valence electrons. The van der Waals surface area contributed by atoms with Gasteiger partial charge in [-0.2, -0.15) is 5.26 Å². The largest absolute Gasteiger partial charge is 0.457 e. The minimum absolute atomic E-state index is 0.206. The van der Waals surface area contributed by atoms with Gasteiger partial charge in [0.05, 0.1) is 18.2 Å². The molecule has 2 aliphatic rings. The van der Waals surface area contributed by atoms with Crippen LogP contribution in [0, 0.1) is 17.2 Å². The van der Waals surface area contributed by atoms with E-state index in [0.29, 0.717) is 30.6 Å². The van der Waals surface area contributed by atoms with Crippen LogP contribution >= 0.6 is 0 Å². The van der Waals surface area contributed by atoms with Gasteiger partial charge in [0.15, 0.2) is 5.82 Å². The van der Waals surface area contributed by atoms with Gasteiger partial charge in [-0.15, -0.1) is 0 Å². The lowest BCUT2D eigenvalue weighted by Crippen LogP contribution is -2.42. The second kappa shape index (κ2) is 10.1. The molecule has 1 aliphatic heterocycles. The minimum Gasteiger partial charge on any atom is -0.457 e. The predicted molar refractivity (Wildman–Crippen MR) is 136 cm³/mol. The van der Waals surface area contributed by atoms with Crippen LogP contribution in [0.25, 0.3) is 0 Å². The van der Waals surface area contributed by atoms with Gasteiger partial charge in [-0.1, -0.05) is 36.4 Å². The summed E-state index contributed by atoms with van der Waals surface area (Å²) in [6.07, 6.45) is 5.30. The molecule has 36 heavy (non-hydrogen) atoms. The van der Waals surface area contributed by atoms with Gasteiger partial charge in [-0.25, -0.2) is 15.4 Å². The molecular formula is C27H27N7O2. The monoisotopic (exact) mass is 481 g/mol. The second-order valence-corrected chi connectivity index (χ2v) is 8.95. The fourth-order valence-corrected chi connectivity index (χ4v) is 4.15. The number of rotatable bonds is 8. The third-order valence-corrected chi connectivity index (χ3v) is 6.30. The maximum absolute atomic E-state index is 12.7. The number of nitrogens with zero attached hydrogens (tertiary/aromatic N) is 5. The van der Waals surface area contributed by atoms with Crippen LogP contribution in [0.1, 0.15) is 30.0 Å². The molecule has 1 unspecified atom stereocenters. The SMILES string of the molecule is CN(CCN1NC(c2ccc(Oc3ccccc3)cc2)c2c(N)ncnc21)C(=O)/C(C#N)=C/C1CC1. The highest BCUT2D eigenvalue weighted by Gasteiger charge is 2.33. The summed E-state index contributed by atoms with van der Waals surface area (Å²) in [5.74, 6) is 2.65. The molecule has 3 aromatic rings. The van der Waals surface area contributed by atoms with Crippen molar-refractivity contribution in [3.8, 4) is 17.6 Å². The van der Waals surface area contributed by atoms with Crippen LogP contribution < -0.4 is 20.9 Å². The molecule has 9 nitrogen and oxygen atoms in total. The second-order valence-electron chi connectivity index (χ2n) is 8.95. The molecule has 5 rings (SSSR count). The normalized spacial score (nSPS) is 16.8. The molecule has 0 radical (unpaired) electrons. The number of para-hydroxylation sites is 1. The molecule has 9 heteroatoms. The van der Waals surface area contributed by atoms with Crippen molar-refractivity contribution < 1.29 is 9.53 Å². The zero-order valence-electron chi connectivity index (χ0n) is 20.0. The lowest BCUT2D eigenvalue weighted by molar-refractivity contribution is -0.125. The molecule has 2 heterocycles. The molecule has 2 aromatic carbocycles. The number of nitrogen functional groups attached to an aromatic ring is 1. The summed E-state index contributed by atoms with van der Waals surface area (Å²) in [6.45, 7) is 0.856. The topological polar surface area (TPSA) is 120 Å². The van der Waals surface area contributed by atoms with Gasteiger partial charge >= 0.3 is 0 Å². The maximum atomic E-state index is 12.7. The number of likely N-dealkylation sites (N-methyl/N-ethyl adjacent to an activating group) is 1. The van der Waals surface area contributed by atoms with Gasteiger partial charge < -0.3 is 15.4 Å². The van der Waals surface area contributed by atoms with Crippen molar-refractivity contribution in [2.45, 2.75) is 18.9 Å². The van der Waals surface area contributed by atoms with E-state index in [9.17, 15) is 10.1 Å². The minimum atomic E-state index is -0.267. The average molecular weight is 482 g/mol. The number of amides is 1. The third kappa shape index (κ3) is 4.99. The Morgan fingerprint density at radius 2 is 1.92 bits per heavy atom. The van der Waals surface area contributed by atoms with E-state index in [1.165, 1.54) is 6.33 Å². The maximum Gasteiger partial charge on any atom is 0.263 e. The van der Waals surface area contributed by atoms with Crippen LogP contribution in [-0.4, -0.2) is 40.9 Å². The van der Waals surface area contributed by atoms with Crippen LogP contribution in [0.4, 0.5) is 11.6 Å². The number of ether oxygens (including phenoxy) is 1. The average Bonchev–Trinajstić information content (AvgIpc) is 3.65. The van der Waals surface area contributed by atoms with Crippen molar-refractivity contribution in [1.29, 1.82) is 5.26 Å². The van der Waals surface area contributed by atoms with Crippen molar-refractivity contribution in [1.82, 2.24) is 20.3 Å². The first-order valence-electron chi connectivity index (χ1n) is 11.9. The molecule has 0 saturated heterocycles. The summed E-state index contributed by atoms with van der Waals surface area (Å²) in [6, 6.07) is 19.2. The Hall–Kier alpha value is -4.42. The van der Waals surface area contributed by atoms with E-state index in [1.807, 2.05) is 65.7 Å². The molecule has 3 N–H and O–H groups in total. The summed E-state index contributed by atoms with van der Waals surface area (Å²) in [4.78, 5) is 22.9. The van der Waals surface area contributed by atoms with Crippen LogP contribution in [0.3, 0.4) is 0 Å². The van der Waals surface area contributed by atoms with Crippen molar-refractivity contribution in [2.24, 2.45) is 5.92 Å². The standard InChI is InChI=1S/C27H27N7O2/c1-33(27(35)20(16-28)15-18-7-8-18)13-14-34-26-23(25(29)30-17-31-26)24(32-34)19-9-11-22(12-10-19)36-21-5-3-2-4-6-21/h2-6,9-12,15,17-18,24,32H,7-8,13-14H2,1H3,(H2,29,30,31)/b20-15+. The summed E-state index contributed by atoms with van der Waals surface area (Å²) < 4.78 is 5.91. The number of nitrogens with one attached hydrogen (secondary N) is 1. The predicted octanol–water partition coefficient (Wildman–Crippen LogP) is 3.58. The van der Waals surface area contributed by atoms with E-state index >= 15 is 0 Å². The van der Waals surface area contributed by atoms with Crippen molar-refractivity contribution in [3.05, 3.63) is 83.7 Å². The molecule has 1 aromatic heterocycles. The number of carbonyl (C=O) groups excluding carboxylic acids is 1. The van der Waals surface area contributed by atoms with E-state index in [1.54, 1.807) is 18.0 Å². The number of nitriles is 1. The number of allylic oxidation sites excluding steroid dienone is 1. The Bertz CT molecular complexity index is 1310. The van der Waals surface area contributed by atoms with Gasteiger partial charge in [0.1, 0.15) is 35.3 Å². The fourth-order valence-electron chi connectivity index (χ4n) is 4.15. The van der Waals surface area contributed by atoms with Gasteiger partial charge in [0.2, 0.25) is 0 Å². The number of aromatic nitrogens is 2. The van der Waals surface area contributed by atoms with Crippen LogP contribution in [-0.2, 0) is 4.79 Å². The fraction of sp³-hybridized carbons (Fsp3) is 0.259. The van der Waals surface area contributed by atoms with E-state index in [4.69, 9.17) is 10.5 Å². The molecule has 0 bridgehead atoms. The number of hydrogen-bond acceptors (Lipinski definition) is 8. The first kappa shape index (κ1) is 23.3. The first-order valence-corrected chi connectivity index (χ1v) is 11.9. The Kier molecular flexibility index (Phi) is 6.52. The summed E-state index contributed by atoms with van der Waals surface area (Å²) in [5, 5.41) is 11.3. The molecule has 1 atom stereocenters. The zero-order valence-corrected chi connectivity index (χ0v) is 20.0. The number of carbonyl (C=O) groups is 1. The van der Waals surface area contributed by atoms with E-state index < -0.39 is 0 Å². The number of fused-ring (bicyclic) bond motifs is 1. The number of anilines is 2. The first-order chi connectivity index (χ1) is 17.5. The van der Waals surface area contributed by atoms with Crippen LogP contribution in [0.5, 0.6) is 11.5 Å². The lowest BCUT2D eigenvalue weighted by Gasteiger charge is -2.24. The Morgan fingerprint density at radius 1 is 1.19 bits per heavy atom. The van der Waals surface area contributed by atoms with E-state index in [0.717, 1.165) is 35.5 Å². The summed E-state index contributed by atoms with van der Waals surface area (Å²) >= 11 is 0. The van der Waals surface area contributed by atoms with Crippen LogP contribution in [0.2, 0.25) is 0 Å². The van der Waals surface area contributed by atoms with Crippen molar-refractivity contribution >= 4 is 17.5 Å². The Balaban J connectivity index is 1.29. The molecule has 0 spiro atoms. The molecule has 1 amide bonds. The van der Waals surface area contributed by atoms with Gasteiger partial charge in [0.25, 0.3) is 5.91 Å². The Labute approximate surface area is 209 Å². The molecule has 1 saturated carbocycles. The van der Waals surface area contributed by atoms with Gasteiger partial charge in [-0.3, -0.25) is 9.80 Å². The highest BCUT2D eigenvalue weighted by molar-refractivity contribution is 5.97. The Morgan fingerprint density at radius 3 is 2.61 bits per heavy atom. The quantitative estimate of drug-likeness (QED) is 0.370. The summed E-state index contributed by atoms with van der Waals surface area (Å²) in [7, 11) is 1.70. The lowest BCUT2D eigenvalue weighted by atomic mass is 10.0. The zero-order chi connectivity index (χ0) is 25.1. The highest BCUT2D eigenvalue weighted by Crippen LogP contribution is 2.38. The number of hydrazine groups is 1. The smallest absolute Gasteiger partial charge is 0.263 e. The molecular weight excluding hydrogens is 454 g/mol. The number of benzene rings is 2. The third-order valence-electron chi connectivity index (χ3n) is 6.30. The summed E-state index contributed by atoms with van der Waals surface area (Å²) in [5.41, 5.74) is 11.7. The highest BCUT2D eigenvalue weighted by atomic mass is 16.5. The van der Waals surface area contributed by atoms with Crippen molar-refractivity contribution in [2.75, 3.05) is 30.9 Å². The number of hydrogen-bond donors (Lipinski definition) is 2. The van der Waals surface area contributed by atoms with Crippen LogP contribution in [0.15, 0.2) is 72.6 Å². The van der Waals surface area contributed by atoms with E-state index in [2.05, 4.69) is 15.4 Å². The van der Waals surface area contributed by atoms with Crippen molar-refractivity contribution in [3.63, 3.8) is 0 Å². The molecule has 1 aliphatic carbocycles. The molecule has 1 fully saturated rings. The number of nitrogens with two attached hydrogens (primary N) is 1. The van der Waals surface area contributed by atoms with Gasteiger partial charge in [-0.05, 0) is 48.6 Å². The van der Waals surface area contributed by atoms with Gasteiger partial charge in [0, 0.05) is 13.6 Å².